The zero-order valence-corrected chi connectivity index (χ0v) is 20.8. The van der Waals surface area contributed by atoms with Crippen LogP contribution in [-0.4, -0.2) is 60.7 Å². The summed E-state index contributed by atoms with van der Waals surface area (Å²) in [7, 11) is 2.79. The minimum Gasteiger partial charge on any atom is -0.371 e. The maximum atomic E-state index is 13.4. The molecule has 2 atom stereocenters. The Bertz CT molecular complexity index is 1070. The smallest absolute Gasteiger partial charge is 0.253 e. The predicted molar refractivity (Wildman–Crippen MR) is 133 cm³/mol. The van der Waals surface area contributed by atoms with E-state index >= 15 is 0 Å². The lowest BCUT2D eigenvalue weighted by atomic mass is 9.84. The second kappa shape index (κ2) is 12.7. The molecular formula is C27H33N3O5. The lowest BCUT2D eigenvalue weighted by molar-refractivity contribution is -0.154. The van der Waals surface area contributed by atoms with E-state index in [0.29, 0.717) is 0 Å². The molecule has 0 fully saturated rings. The molecule has 0 radical (unpaired) electrons. The van der Waals surface area contributed by atoms with Gasteiger partial charge in [0.1, 0.15) is 12.1 Å². The number of methoxy groups -OCH3 is 1. The molecule has 0 saturated carbocycles. The van der Waals surface area contributed by atoms with Crippen molar-refractivity contribution in [3.8, 4) is 23.0 Å². The van der Waals surface area contributed by atoms with Gasteiger partial charge in [-0.1, -0.05) is 75.1 Å². The first-order valence-electron chi connectivity index (χ1n) is 11.2. The largest absolute Gasteiger partial charge is 0.371 e. The van der Waals surface area contributed by atoms with Crippen molar-refractivity contribution in [1.29, 1.82) is 0 Å². The molecule has 186 valence electrons. The normalized spacial score (nSPS) is 12.5. The van der Waals surface area contributed by atoms with Gasteiger partial charge in [0.05, 0.1) is 13.0 Å². The lowest BCUT2D eigenvalue weighted by Gasteiger charge is -2.39. The zero-order valence-electron chi connectivity index (χ0n) is 20.8. The van der Waals surface area contributed by atoms with Crippen LogP contribution in [-0.2, 0) is 19.1 Å². The number of nitrogens with zero attached hydrogens (tertiary/aromatic N) is 1. The monoisotopic (exact) mass is 479 g/mol. The Morgan fingerprint density at radius 1 is 1.03 bits per heavy atom. The van der Waals surface area contributed by atoms with Crippen molar-refractivity contribution in [3.05, 3.63) is 60.2 Å². The number of carbonyl (C=O) groups is 3. The number of likely N-dealkylation sites (N-methyl/N-ethyl adjacent to an activating group) is 1. The van der Waals surface area contributed by atoms with Crippen LogP contribution >= 0.6 is 0 Å². The van der Waals surface area contributed by atoms with Gasteiger partial charge in [0.25, 0.3) is 5.91 Å². The summed E-state index contributed by atoms with van der Waals surface area (Å²) in [4.78, 5) is 39.2. The molecule has 0 heterocycles. The Kier molecular flexibility index (Phi) is 10.0. The highest BCUT2D eigenvalue weighted by Gasteiger charge is 2.40. The molecule has 0 saturated heterocycles. The second-order valence-corrected chi connectivity index (χ2v) is 9.06. The van der Waals surface area contributed by atoms with Crippen LogP contribution in [0.3, 0.4) is 0 Å². The van der Waals surface area contributed by atoms with Crippen LogP contribution in [0.4, 0.5) is 0 Å². The van der Waals surface area contributed by atoms with Crippen molar-refractivity contribution in [2.45, 2.75) is 39.3 Å². The molecule has 0 aliphatic rings. The number of amides is 3. The molecule has 0 bridgehead atoms. The molecular weight excluding hydrogens is 446 g/mol. The number of nitrogens with one attached hydrogen (secondary N) is 2. The summed E-state index contributed by atoms with van der Waals surface area (Å²) in [5, 5.41) is 11.5. The van der Waals surface area contributed by atoms with Gasteiger partial charge in [-0.05, 0) is 28.7 Å². The average molecular weight is 480 g/mol. The molecule has 8 heteroatoms. The summed E-state index contributed by atoms with van der Waals surface area (Å²) in [6.07, 6.45) is -1.59. The Hall–Kier alpha value is -3.67. The molecule has 3 amide bonds. The van der Waals surface area contributed by atoms with Gasteiger partial charge in [-0.3, -0.25) is 19.6 Å². The second-order valence-electron chi connectivity index (χ2n) is 9.06. The molecule has 0 aromatic heterocycles. The van der Waals surface area contributed by atoms with E-state index < -0.39 is 35.8 Å². The van der Waals surface area contributed by atoms with Crippen LogP contribution in [0.25, 0.3) is 11.1 Å². The molecule has 8 nitrogen and oxygen atoms in total. The third kappa shape index (κ3) is 7.67. The van der Waals surface area contributed by atoms with Crippen LogP contribution in [0.1, 0.15) is 32.8 Å². The van der Waals surface area contributed by atoms with Crippen molar-refractivity contribution in [1.82, 2.24) is 15.7 Å². The third-order valence-corrected chi connectivity index (χ3v) is 5.44. The van der Waals surface area contributed by atoms with E-state index in [2.05, 4.69) is 17.2 Å². The SMILES string of the molecule is CNC(=O)C(N(CC#Cc1ccc(-c2ccccc2)cc1)C(=O)[C@@H](CC(=O)NO)OC)C(C)(C)C. The molecule has 3 N–H and O–H groups in total. The quantitative estimate of drug-likeness (QED) is 0.306. The summed E-state index contributed by atoms with van der Waals surface area (Å²) >= 11 is 0. The third-order valence-electron chi connectivity index (χ3n) is 5.44. The molecule has 2 aromatic carbocycles. The van der Waals surface area contributed by atoms with Crippen molar-refractivity contribution < 1.29 is 24.3 Å². The molecule has 0 spiro atoms. The predicted octanol–water partition coefficient (Wildman–Crippen LogP) is 2.60. The van der Waals surface area contributed by atoms with Crippen LogP contribution in [0, 0.1) is 17.3 Å². The van der Waals surface area contributed by atoms with Gasteiger partial charge in [-0.25, -0.2) is 5.48 Å². The van der Waals surface area contributed by atoms with E-state index in [-0.39, 0.29) is 12.5 Å². The number of hydrogen-bond donors (Lipinski definition) is 3. The van der Waals surface area contributed by atoms with E-state index in [1.54, 1.807) is 0 Å². The van der Waals surface area contributed by atoms with Crippen molar-refractivity contribution >= 4 is 17.7 Å². The van der Waals surface area contributed by atoms with E-state index in [0.717, 1.165) is 16.7 Å². The Labute approximate surface area is 206 Å². The minimum atomic E-state index is -1.19. The standard InChI is InChI=1S/C27H33N3O5/c1-27(2,3)24(25(32)28-4)30(26(33)22(35-5)18-23(31)29-34)17-9-10-19-13-15-21(16-14-19)20-11-7-6-8-12-20/h6-8,11-16,22,24,34H,17-18H2,1-5H3,(H,28,32)(H,29,31)/t22-,24?/m1/s1. The molecule has 0 aliphatic heterocycles. The van der Waals surface area contributed by atoms with Gasteiger partial charge in [-0.2, -0.15) is 0 Å². The molecule has 1 unspecified atom stereocenters. The number of hydroxylamine groups is 1. The average Bonchev–Trinajstić information content (AvgIpc) is 2.85. The zero-order chi connectivity index (χ0) is 26.0. The maximum absolute atomic E-state index is 13.4. The fraction of sp³-hybridized carbons (Fsp3) is 0.370. The van der Waals surface area contributed by atoms with Crippen LogP contribution in [0.15, 0.2) is 54.6 Å². The van der Waals surface area contributed by atoms with Gasteiger partial charge >= 0.3 is 0 Å². The van der Waals surface area contributed by atoms with E-state index in [9.17, 15) is 14.4 Å². The fourth-order valence-electron chi connectivity index (χ4n) is 3.71. The lowest BCUT2D eigenvalue weighted by Crippen LogP contribution is -2.58. The van der Waals surface area contributed by atoms with Gasteiger partial charge in [-0.15, -0.1) is 0 Å². The van der Waals surface area contributed by atoms with Crippen LogP contribution < -0.4 is 10.8 Å². The van der Waals surface area contributed by atoms with Gasteiger partial charge in [0.15, 0.2) is 0 Å². The number of carbonyl (C=O) groups excluding carboxylic acids is 3. The van der Waals surface area contributed by atoms with Gasteiger partial charge in [0.2, 0.25) is 11.8 Å². The van der Waals surface area contributed by atoms with Crippen molar-refractivity contribution in [2.75, 3.05) is 20.7 Å². The summed E-state index contributed by atoms with van der Waals surface area (Å²) in [5.74, 6) is 4.32. The topological polar surface area (TPSA) is 108 Å². The fourth-order valence-corrected chi connectivity index (χ4v) is 3.71. The number of ether oxygens (including phenoxy) is 1. The molecule has 35 heavy (non-hydrogen) atoms. The minimum absolute atomic E-state index is 0.0603. The number of rotatable bonds is 8. The summed E-state index contributed by atoms with van der Waals surface area (Å²) in [6.45, 7) is 5.46. The van der Waals surface area contributed by atoms with Crippen LogP contribution in [0.5, 0.6) is 0 Å². The number of hydrogen-bond acceptors (Lipinski definition) is 5. The molecule has 2 aromatic rings. The Morgan fingerprint density at radius 2 is 1.63 bits per heavy atom. The summed E-state index contributed by atoms with van der Waals surface area (Å²) < 4.78 is 5.22. The summed E-state index contributed by atoms with van der Waals surface area (Å²) in [5.41, 5.74) is 3.78. The first kappa shape index (κ1) is 27.6. The van der Waals surface area contributed by atoms with Gasteiger partial charge in [0, 0.05) is 19.7 Å². The summed E-state index contributed by atoms with van der Waals surface area (Å²) in [6, 6.07) is 16.8. The first-order chi connectivity index (χ1) is 16.6. The van der Waals surface area contributed by atoms with Crippen molar-refractivity contribution in [3.63, 3.8) is 0 Å². The van der Waals surface area contributed by atoms with E-state index in [1.165, 1.54) is 24.5 Å². The Morgan fingerprint density at radius 3 is 2.14 bits per heavy atom. The first-order valence-corrected chi connectivity index (χ1v) is 11.2. The molecule has 0 aliphatic carbocycles. The highest BCUT2D eigenvalue weighted by atomic mass is 16.5. The maximum Gasteiger partial charge on any atom is 0.253 e. The highest BCUT2D eigenvalue weighted by molar-refractivity contribution is 5.92. The van der Waals surface area contributed by atoms with Crippen LogP contribution in [0.2, 0.25) is 0 Å². The Balaban J connectivity index is 2.34. The van der Waals surface area contributed by atoms with E-state index in [4.69, 9.17) is 9.94 Å². The van der Waals surface area contributed by atoms with Gasteiger partial charge < -0.3 is 15.0 Å². The molecule has 2 rings (SSSR count). The van der Waals surface area contributed by atoms with Crippen molar-refractivity contribution in [2.24, 2.45) is 5.41 Å². The number of benzene rings is 2. The highest BCUT2D eigenvalue weighted by Crippen LogP contribution is 2.26. The van der Waals surface area contributed by atoms with E-state index in [1.807, 2.05) is 75.4 Å².